The molecule has 140 heavy (non-hydrogen) atoms. The van der Waals surface area contributed by atoms with Crippen LogP contribution >= 0.6 is 176 Å². The third kappa shape index (κ3) is 21.4. The molecule has 0 aromatic rings. The minimum atomic E-state index is 0.514. The van der Waals surface area contributed by atoms with Gasteiger partial charge >= 0.3 is 0 Å². The third-order valence-corrected chi connectivity index (χ3v) is 73.1. The molecule has 0 aromatic carbocycles. The van der Waals surface area contributed by atoms with Gasteiger partial charge in [-0.1, -0.05) is 162 Å². The fraction of sp³-hybridized carbons (Fsp3) is 1.00. The molecule has 16 saturated carbocycles. The van der Waals surface area contributed by atoms with Crippen molar-refractivity contribution >= 4 is 176 Å². The highest BCUT2D eigenvalue weighted by molar-refractivity contribution is 8.12. The van der Waals surface area contributed by atoms with E-state index in [0.717, 1.165) is 254 Å². The number of hydrogen-bond acceptors (Lipinski definition) is 16. The molecule has 1 nitrogen and oxygen atoms in total. The number of rotatable bonds is 11. The highest BCUT2D eigenvalue weighted by Crippen LogP contribution is 2.81. The van der Waals surface area contributed by atoms with Crippen molar-refractivity contribution in [3.8, 4) is 0 Å². The Morgan fingerprint density at radius 1 is 0.271 bits per heavy atom. The molecule has 792 valence electrons. The van der Waals surface area contributed by atoms with E-state index in [0.29, 0.717) is 63.0 Å². The average Bonchev–Trinajstić information content (AvgIpc) is 1.59. The second-order valence-corrected chi connectivity index (χ2v) is 85.7. The first kappa shape index (κ1) is 105. The highest BCUT2D eigenvalue weighted by Gasteiger charge is 2.74. The summed E-state index contributed by atoms with van der Waals surface area (Å²) in [6.45, 7) is 60.3. The van der Waals surface area contributed by atoms with Crippen LogP contribution in [0.25, 0.3) is 0 Å². The van der Waals surface area contributed by atoms with Gasteiger partial charge in [-0.25, -0.2) is 0 Å². The monoisotopic (exact) mass is 2190 g/mol. The zero-order valence-corrected chi connectivity index (χ0v) is 105. The molecule has 51 unspecified atom stereocenters. The van der Waals surface area contributed by atoms with Crippen molar-refractivity contribution in [1.29, 1.82) is 0 Å². The van der Waals surface area contributed by atoms with Crippen LogP contribution in [0, 0.1) is 151 Å². The van der Waals surface area contributed by atoms with Crippen molar-refractivity contribution in [2.75, 3.05) is 0 Å². The number of epoxide rings is 1. The molecule has 0 bridgehead atoms. The van der Waals surface area contributed by atoms with Gasteiger partial charge in [0.25, 0.3) is 0 Å². The summed E-state index contributed by atoms with van der Waals surface area (Å²) >= 11 is 34.8. The second kappa shape index (κ2) is 37.9. The Kier molecular flexibility index (Phi) is 28.6. The molecular weight excluding hydrogens is 1990 g/mol. The molecule has 0 radical (unpaired) electrons. The first-order valence-electron chi connectivity index (χ1n) is 60.9. The fourth-order valence-corrected chi connectivity index (χ4v) is 63.2. The lowest BCUT2D eigenvalue weighted by atomic mass is 9.57. The van der Waals surface area contributed by atoms with Gasteiger partial charge in [0.15, 0.2) is 0 Å². The van der Waals surface area contributed by atoms with Gasteiger partial charge in [-0.2, -0.15) is 70.6 Å². The van der Waals surface area contributed by atoms with Gasteiger partial charge in [0.05, 0.1) is 12.2 Å². The van der Waals surface area contributed by atoms with Crippen LogP contribution in [0.2, 0.25) is 0 Å². The lowest BCUT2D eigenvalue weighted by Gasteiger charge is -2.47. The minimum Gasteiger partial charge on any atom is -0.370 e. The van der Waals surface area contributed by atoms with Crippen LogP contribution in [0.15, 0.2) is 0 Å². The standard InChI is InChI=1S/C20H34S2.C18H30S2.C17H28S2.C16H26S2.C15H24S2.C14H22S2.C12H18OS.C12H18S2/c1-11(2)13-7-8-19(5)18(22-19)17(13)15-10-20(6)16(21-20)9-14(15)12(3)4;1-15(2)7-11(13-17(5,9-15)19-13)12-8-16(3,4)10-18(6)14(12)20-18;1-16(2,3)10-8-12(15-17(4,9-10)19-15)11-6-5-7-13-14(11)18-13;1-15(2)5-9(13-11(7-15)17-13)10-6-16(3,4)8-12-14(10)18-12;1-3-15-9-5-7-11(13(15)17-15)10-6-4-8-14(2)12(10)16-14;1-13-7-3-5-9(11(13)15-13)10-6-4-8-14(2)12(10)16-14;1-2-8(12-11(3-1)14-12)7-4-5-9-10(6-7)13-9;1-3-7(11-9(5-1)13-11)8-4-2-6-10-12(8)14-10/h11-18H,7-10H2,1-6H3;11-14H,7-10H2,1-6H3;10-15H,5-9H2,1-4H3;9-14H,5-8H2,1-4H3;10-13H,3-9H2,1-2H3;9-12H,3-8H2,1-2H3;2*7-12H,1-6H2. The summed E-state index contributed by atoms with van der Waals surface area (Å²) in [4.78, 5) is 0. The quantitative estimate of drug-likeness (QED) is 0.182. The molecule has 32 aliphatic rings. The Bertz CT molecular complexity index is 4340. The molecule has 16 heteroatoms. The lowest BCUT2D eigenvalue weighted by Crippen LogP contribution is -2.45. The Labute approximate surface area is 923 Å². The average molecular weight is 2190 g/mol. The molecule has 16 saturated heterocycles. The van der Waals surface area contributed by atoms with E-state index in [9.17, 15) is 0 Å². The maximum atomic E-state index is 5.64. The van der Waals surface area contributed by atoms with E-state index in [1.54, 1.807) is 57.8 Å². The number of fused-ring (bicyclic) bond motifs is 16. The van der Waals surface area contributed by atoms with Crippen LogP contribution in [0.3, 0.4) is 0 Å². The molecule has 16 aliphatic carbocycles. The molecule has 0 amide bonds. The summed E-state index contributed by atoms with van der Waals surface area (Å²) in [5, 5.41) is 22.1. The molecule has 32 rings (SSSR count). The normalized spacial score (nSPS) is 58.6. The maximum Gasteiger partial charge on any atom is 0.0844 e. The van der Waals surface area contributed by atoms with E-state index in [2.05, 4.69) is 343 Å². The molecule has 0 N–H and O–H groups in total. The van der Waals surface area contributed by atoms with E-state index in [4.69, 9.17) is 4.74 Å². The SMILES string of the molecule is C1CC2SC2C(C2CCC3OC3C2)C1.C1CC2SC2C(C2CCCC3SC32)C1.CC(C)(C)C1CC(C2CCCC3SC32)C2SC2(C)C1.CC(C)C1CC2SC2(C)CC1C1C(C(C)C)CCC2(C)SC12.CC1(C)CC(C2CC(C)(C)CC3(C)SC23)C2SC2(C)C1.CC1(C)CC2SC2C(C2CC(C)(C)CC3SC32)C1.CC12CCCC(C3CCCC4(C)SC34)C1S2.CCC12CCCC(C3CCCC4(C)SC34)C1S2. The van der Waals surface area contributed by atoms with Gasteiger partial charge in [0.2, 0.25) is 0 Å². The smallest absolute Gasteiger partial charge is 0.0844 e. The van der Waals surface area contributed by atoms with E-state index in [1.165, 1.54) is 212 Å². The molecular formula is C124H200OS15. The summed E-state index contributed by atoms with van der Waals surface area (Å²) in [6, 6.07) is 0. The Hall–Kier alpha value is 5.21. The van der Waals surface area contributed by atoms with E-state index >= 15 is 0 Å². The van der Waals surface area contributed by atoms with Crippen molar-refractivity contribution in [3.63, 3.8) is 0 Å². The minimum absolute atomic E-state index is 0.514. The lowest BCUT2D eigenvalue weighted by molar-refractivity contribution is 0.0470. The van der Waals surface area contributed by atoms with Crippen molar-refractivity contribution in [1.82, 2.24) is 0 Å². The van der Waals surface area contributed by atoms with Crippen molar-refractivity contribution in [3.05, 3.63) is 0 Å². The molecule has 16 aliphatic heterocycles. The van der Waals surface area contributed by atoms with Gasteiger partial charge in [0.1, 0.15) is 0 Å². The first-order chi connectivity index (χ1) is 66.2. The van der Waals surface area contributed by atoms with E-state index in [1.807, 2.05) is 0 Å². The molecule has 51 atom stereocenters. The van der Waals surface area contributed by atoms with Crippen molar-refractivity contribution < 1.29 is 4.74 Å². The van der Waals surface area contributed by atoms with Crippen LogP contribution < -0.4 is 0 Å². The summed E-state index contributed by atoms with van der Waals surface area (Å²) in [6.07, 6.45) is 64.6. The summed E-state index contributed by atoms with van der Waals surface area (Å²) in [5.74, 6) is 21.6. The fourth-order valence-electron chi connectivity index (χ4n) is 39.3. The van der Waals surface area contributed by atoms with Crippen LogP contribution in [0.4, 0.5) is 0 Å². The second-order valence-electron chi connectivity index (χ2n) is 62.2. The Balaban J connectivity index is 0.0000000847. The zero-order valence-electron chi connectivity index (χ0n) is 92.6. The van der Waals surface area contributed by atoms with Crippen LogP contribution in [-0.2, 0) is 4.74 Å². The summed E-state index contributed by atoms with van der Waals surface area (Å²) in [7, 11) is 0. The van der Waals surface area contributed by atoms with Crippen molar-refractivity contribution in [2.24, 2.45) is 151 Å². The third-order valence-electron chi connectivity index (χ3n) is 47.3. The highest BCUT2D eigenvalue weighted by atomic mass is 32.2. The topological polar surface area (TPSA) is 12.5 Å². The maximum absolute atomic E-state index is 5.64. The molecule has 0 aromatic heterocycles. The Morgan fingerprint density at radius 2 is 0.657 bits per heavy atom. The Morgan fingerprint density at radius 3 is 1.12 bits per heavy atom. The van der Waals surface area contributed by atoms with Gasteiger partial charge in [0, 0.05) is 153 Å². The number of thioether (sulfide) groups is 15. The van der Waals surface area contributed by atoms with E-state index < -0.39 is 0 Å². The first-order valence-corrected chi connectivity index (χ1v) is 74.4. The zero-order chi connectivity index (χ0) is 97.4. The van der Waals surface area contributed by atoms with Gasteiger partial charge in [-0.15, -0.1) is 106 Å². The summed E-state index contributed by atoms with van der Waals surface area (Å²) < 4.78 is 11.8. The van der Waals surface area contributed by atoms with Crippen LogP contribution in [0.1, 0.15) is 436 Å². The largest absolute Gasteiger partial charge is 0.370 e. The molecule has 32 fully saturated rings. The van der Waals surface area contributed by atoms with E-state index in [-0.39, 0.29) is 0 Å². The number of hydrogen-bond donors (Lipinski definition) is 0. The van der Waals surface area contributed by atoms with Gasteiger partial charge in [-0.05, 0) is 425 Å². The predicted molar refractivity (Wildman–Crippen MR) is 642 cm³/mol. The van der Waals surface area contributed by atoms with Crippen LogP contribution in [0.5, 0.6) is 0 Å². The summed E-state index contributed by atoms with van der Waals surface area (Å²) in [5.41, 5.74) is 2.88. The van der Waals surface area contributed by atoms with Crippen LogP contribution in [-0.4, -0.2) is 165 Å². The van der Waals surface area contributed by atoms with Gasteiger partial charge in [-0.3, -0.25) is 0 Å². The molecule has 0 spiro atoms. The number of ether oxygens (including phenoxy) is 1. The predicted octanol–water partition coefficient (Wildman–Crippen LogP) is 37.2. The molecule has 16 heterocycles. The van der Waals surface area contributed by atoms with Crippen molar-refractivity contribution in [2.45, 2.75) is 601 Å². The van der Waals surface area contributed by atoms with Gasteiger partial charge < -0.3 is 4.74 Å².